The first kappa shape index (κ1) is 10.3. The normalized spacial score (nSPS) is 17.1. The van der Waals surface area contributed by atoms with Gasteiger partial charge in [-0.25, -0.2) is 0 Å². The van der Waals surface area contributed by atoms with Crippen molar-refractivity contribution >= 4 is 5.91 Å². The Morgan fingerprint density at radius 2 is 2.46 bits per heavy atom. The second kappa shape index (κ2) is 5.02. The summed E-state index contributed by atoms with van der Waals surface area (Å²) >= 11 is 0. The SMILES string of the molecule is CNCCC(=O)N1CCC=C(C)C1. The summed E-state index contributed by atoms with van der Waals surface area (Å²) in [7, 11) is 1.87. The van der Waals surface area contributed by atoms with Crippen LogP contribution in [0, 0.1) is 0 Å². The van der Waals surface area contributed by atoms with Crippen molar-refractivity contribution in [2.75, 3.05) is 26.7 Å². The highest BCUT2D eigenvalue weighted by Gasteiger charge is 2.14. The third-order valence-corrected chi connectivity index (χ3v) is 2.27. The Hall–Kier alpha value is -0.830. The number of carbonyl (C=O) groups is 1. The van der Waals surface area contributed by atoms with Crippen LogP contribution in [0.5, 0.6) is 0 Å². The molecule has 0 unspecified atom stereocenters. The summed E-state index contributed by atoms with van der Waals surface area (Å²) < 4.78 is 0. The predicted octanol–water partition coefficient (Wildman–Crippen LogP) is 0.774. The maximum atomic E-state index is 11.6. The molecule has 74 valence electrons. The van der Waals surface area contributed by atoms with E-state index >= 15 is 0 Å². The number of hydrogen-bond donors (Lipinski definition) is 1. The molecule has 0 aromatic rings. The van der Waals surface area contributed by atoms with Crippen LogP contribution in [0.2, 0.25) is 0 Å². The largest absolute Gasteiger partial charge is 0.338 e. The lowest BCUT2D eigenvalue weighted by atomic mass is 10.1. The average Bonchev–Trinajstić information content (AvgIpc) is 2.14. The molecular weight excluding hydrogens is 164 g/mol. The first-order valence-corrected chi connectivity index (χ1v) is 4.82. The molecule has 0 radical (unpaired) electrons. The van der Waals surface area contributed by atoms with E-state index in [4.69, 9.17) is 0 Å². The van der Waals surface area contributed by atoms with Crippen molar-refractivity contribution in [3.8, 4) is 0 Å². The summed E-state index contributed by atoms with van der Waals surface area (Å²) in [6.45, 7) is 4.57. The minimum atomic E-state index is 0.266. The average molecular weight is 182 g/mol. The molecule has 1 rings (SSSR count). The summed E-state index contributed by atoms with van der Waals surface area (Å²) in [5.74, 6) is 0.266. The number of nitrogens with zero attached hydrogens (tertiary/aromatic N) is 1. The van der Waals surface area contributed by atoms with Crippen molar-refractivity contribution < 1.29 is 4.79 Å². The highest BCUT2D eigenvalue weighted by molar-refractivity contribution is 5.76. The fraction of sp³-hybridized carbons (Fsp3) is 0.700. The molecule has 1 aliphatic rings. The lowest BCUT2D eigenvalue weighted by molar-refractivity contribution is -0.130. The third-order valence-electron chi connectivity index (χ3n) is 2.27. The first-order valence-electron chi connectivity index (χ1n) is 4.82. The van der Waals surface area contributed by atoms with Crippen molar-refractivity contribution in [1.82, 2.24) is 10.2 Å². The minimum absolute atomic E-state index is 0.266. The molecule has 0 bridgehead atoms. The topological polar surface area (TPSA) is 32.3 Å². The van der Waals surface area contributed by atoms with E-state index in [-0.39, 0.29) is 5.91 Å². The molecule has 0 atom stereocenters. The van der Waals surface area contributed by atoms with Gasteiger partial charge in [0, 0.05) is 26.1 Å². The zero-order valence-corrected chi connectivity index (χ0v) is 8.47. The zero-order chi connectivity index (χ0) is 9.68. The number of carbonyl (C=O) groups excluding carboxylic acids is 1. The molecule has 1 heterocycles. The van der Waals surface area contributed by atoms with E-state index in [0.717, 1.165) is 26.1 Å². The predicted molar refractivity (Wildman–Crippen MR) is 53.5 cm³/mol. The van der Waals surface area contributed by atoms with Gasteiger partial charge in [-0.1, -0.05) is 11.6 Å². The van der Waals surface area contributed by atoms with E-state index in [1.54, 1.807) is 0 Å². The molecule has 0 aromatic heterocycles. The van der Waals surface area contributed by atoms with Crippen LogP contribution in [0.3, 0.4) is 0 Å². The summed E-state index contributed by atoms with van der Waals surface area (Å²) in [6, 6.07) is 0. The van der Waals surface area contributed by atoms with Gasteiger partial charge in [0.15, 0.2) is 0 Å². The monoisotopic (exact) mass is 182 g/mol. The molecule has 1 aliphatic heterocycles. The second-order valence-electron chi connectivity index (χ2n) is 3.51. The molecule has 0 aliphatic carbocycles. The number of amides is 1. The van der Waals surface area contributed by atoms with E-state index in [1.807, 2.05) is 11.9 Å². The Morgan fingerprint density at radius 1 is 1.69 bits per heavy atom. The van der Waals surface area contributed by atoms with Crippen LogP contribution in [0.25, 0.3) is 0 Å². The molecule has 1 N–H and O–H groups in total. The fourth-order valence-corrected chi connectivity index (χ4v) is 1.51. The Balaban J connectivity index is 2.35. The summed E-state index contributed by atoms with van der Waals surface area (Å²) in [4.78, 5) is 13.5. The van der Waals surface area contributed by atoms with Crippen LogP contribution < -0.4 is 5.32 Å². The lowest BCUT2D eigenvalue weighted by Gasteiger charge is -2.26. The molecular formula is C10H18N2O. The fourth-order valence-electron chi connectivity index (χ4n) is 1.51. The number of rotatable bonds is 3. The van der Waals surface area contributed by atoms with Gasteiger partial charge in [0.25, 0.3) is 0 Å². The smallest absolute Gasteiger partial charge is 0.224 e. The minimum Gasteiger partial charge on any atom is -0.338 e. The van der Waals surface area contributed by atoms with E-state index in [1.165, 1.54) is 5.57 Å². The van der Waals surface area contributed by atoms with Crippen molar-refractivity contribution in [3.63, 3.8) is 0 Å². The summed E-state index contributed by atoms with van der Waals surface area (Å²) in [6.07, 6.45) is 3.84. The lowest BCUT2D eigenvalue weighted by Crippen LogP contribution is -2.36. The van der Waals surface area contributed by atoms with Crippen molar-refractivity contribution in [1.29, 1.82) is 0 Å². The van der Waals surface area contributed by atoms with E-state index < -0.39 is 0 Å². The highest BCUT2D eigenvalue weighted by atomic mass is 16.2. The van der Waals surface area contributed by atoms with Crippen LogP contribution in [0.1, 0.15) is 19.8 Å². The number of hydrogen-bond acceptors (Lipinski definition) is 2. The van der Waals surface area contributed by atoms with Gasteiger partial charge in [0.2, 0.25) is 5.91 Å². The van der Waals surface area contributed by atoms with Gasteiger partial charge in [0.05, 0.1) is 0 Å². The van der Waals surface area contributed by atoms with Crippen molar-refractivity contribution in [2.24, 2.45) is 0 Å². The Bertz CT molecular complexity index is 211. The molecule has 13 heavy (non-hydrogen) atoms. The molecule has 0 saturated carbocycles. The maximum Gasteiger partial charge on any atom is 0.224 e. The van der Waals surface area contributed by atoms with E-state index in [2.05, 4.69) is 18.3 Å². The van der Waals surface area contributed by atoms with E-state index in [9.17, 15) is 4.79 Å². The summed E-state index contributed by atoms with van der Waals surface area (Å²) in [5, 5.41) is 2.99. The third kappa shape index (κ3) is 3.19. The molecule has 3 heteroatoms. The highest BCUT2D eigenvalue weighted by Crippen LogP contribution is 2.09. The molecule has 0 saturated heterocycles. The van der Waals surface area contributed by atoms with Gasteiger partial charge in [-0.15, -0.1) is 0 Å². The first-order chi connectivity index (χ1) is 6.24. The summed E-state index contributed by atoms with van der Waals surface area (Å²) in [5.41, 5.74) is 1.31. The quantitative estimate of drug-likeness (QED) is 0.654. The second-order valence-corrected chi connectivity index (χ2v) is 3.51. The van der Waals surface area contributed by atoms with Crippen LogP contribution in [-0.4, -0.2) is 37.5 Å². The van der Waals surface area contributed by atoms with Crippen LogP contribution in [0.4, 0.5) is 0 Å². The van der Waals surface area contributed by atoms with Gasteiger partial charge < -0.3 is 10.2 Å². The standard InChI is InChI=1S/C10H18N2O/c1-9-4-3-7-12(8-9)10(13)5-6-11-2/h4,11H,3,5-8H2,1-2H3. The van der Waals surface area contributed by atoms with Gasteiger partial charge in [-0.3, -0.25) is 4.79 Å². The van der Waals surface area contributed by atoms with Gasteiger partial charge in [-0.05, 0) is 20.4 Å². The van der Waals surface area contributed by atoms with Crippen molar-refractivity contribution in [3.05, 3.63) is 11.6 Å². The molecule has 1 amide bonds. The number of nitrogens with one attached hydrogen (secondary N) is 1. The Kier molecular flexibility index (Phi) is 3.96. The van der Waals surface area contributed by atoms with Gasteiger partial charge >= 0.3 is 0 Å². The zero-order valence-electron chi connectivity index (χ0n) is 8.47. The van der Waals surface area contributed by atoms with Crippen LogP contribution in [0.15, 0.2) is 11.6 Å². The van der Waals surface area contributed by atoms with Gasteiger partial charge in [-0.2, -0.15) is 0 Å². The molecule has 0 spiro atoms. The Labute approximate surface area is 79.8 Å². The van der Waals surface area contributed by atoms with Crippen LogP contribution >= 0.6 is 0 Å². The maximum absolute atomic E-state index is 11.6. The van der Waals surface area contributed by atoms with Crippen LogP contribution in [-0.2, 0) is 4.79 Å². The molecule has 3 nitrogen and oxygen atoms in total. The van der Waals surface area contributed by atoms with E-state index in [0.29, 0.717) is 6.42 Å². The Morgan fingerprint density at radius 3 is 3.08 bits per heavy atom. The van der Waals surface area contributed by atoms with Gasteiger partial charge in [0.1, 0.15) is 0 Å². The molecule has 0 fully saturated rings. The molecule has 0 aromatic carbocycles. The van der Waals surface area contributed by atoms with Crippen molar-refractivity contribution in [2.45, 2.75) is 19.8 Å².